The molecule has 0 bridgehead atoms. The van der Waals surface area contributed by atoms with Gasteiger partial charge >= 0.3 is 11.9 Å². The van der Waals surface area contributed by atoms with Crippen molar-refractivity contribution < 1.29 is 23.9 Å². The summed E-state index contributed by atoms with van der Waals surface area (Å²) >= 11 is 0. The largest absolute Gasteiger partial charge is 0.466 e. The molecule has 1 heterocycles. The van der Waals surface area contributed by atoms with Crippen LogP contribution in [0.1, 0.15) is 25.3 Å². The topological polar surface area (TPSA) is 84.9 Å². The van der Waals surface area contributed by atoms with Gasteiger partial charge in [-0.05, 0) is 30.5 Å². The summed E-state index contributed by atoms with van der Waals surface area (Å²) in [6.45, 7) is 2.24. The van der Waals surface area contributed by atoms with Crippen LogP contribution >= 0.6 is 0 Å². The molecule has 0 atom stereocenters. The van der Waals surface area contributed by atoms with Crippen LogP contribution in [0.3, 0.4) is 0 Å². The van der Waals surface area contributed by atoms with Gasteiger partial charge in [0.1, 0.15) is 5.70 Å². The molecule has 1 aromatic rings. The van der Waals surface area contributed by atoms with Crippen molar-refractivity contribution in [1.82, 2.24) is 0 Å². The number of esters is 2. The highest BCUT2D eigenvalue weighted by molar-refractivity contribution is 5.99. The lowest BCUT2D eigenvalue weighted by Crippen LogP contribution is -2.29. The number of methoxy groups -OCH3 is 2. The number of carbonyl (C=O) groups excluding carboxylic acids is 3. The number of hydrogen-bond donors (Lipinski definition) is 1. The third-order valence-electron chi connectivity index (χ3n) is 4.70. The number of benzene rings is 1. The molecule has 2 aliphatic rings. The standard InChI is InChI=1S/C18H20N2O5/c1-11(21)20-10-18(6-7-18)13-5-4-12(8-15(13)20)19-14(17(23)25-3)9-16(22)24-2/h4-5,8-9,19H,6-7,10H2,1-3H3/b14-9+. The lowest BCUT2D eigenvalue weighted by Gasteiger charge is -2.16. The van der Waals surface area contributed by atoms with Gasteiger partial charge in [0.25, 0.3) is 0 Å². The SMILES string of the molecule is COC(=O)/C=C(/Nc1ccc2c(c1)N(C(C)=O)CC21CC1)C(=O)OC. The van der Waals surface area contributed by atoms with E-state index in [1.807, 2.05) is 18.2 Å². The molecule has 0 radical (unpaired) electrons. The summed E-state index contributed by atoms with van der Waals surface area (Å²) in [4.78, 5) is 37.0. The lowest BCUT2D eigenvalue weighted by atomic mass is 9.98. The number of nitrogens with zero attached hydrogens (tertiary/aromatic N) is 1. The van der Waals surface area contributed by atoms with Crippen molar-refractivity contribution in [3.05, 3.63) is 35.5 Å². The second-order valence-corrected chi connectivity index (χ2v) is 6.32. The third kappa shape index (κ3) is 3.09. The molecule has 1 amide bonds. The van der Waals surface area contributed by atoms with Crippen molar-refractivity contribution in [3.8, 4) is 0 Å². The highest BCUT2D eigenvalue weighted by Crippen LogP contribution is 2.56. The second-order valence-electron chi connectivity index (χ2n) is 6.32. The normalized spacial score (nSPS) is 17.1. The van der Waals surface area contributed by atoms with Crippen LogP contribution in [-0.4, -0.2) is 38.6 Å². The van der Waals surface area contributed by atoms with Crippen molar-refractivity contribution in [2.75, 3.05) is 31.0 Å². The minimum absolute atomic E-state index is 0.0135. The first-order valence-corrected chi connectivity index (χ1v) is 7.98. The summed E-state index contributed by atoms with van der Waals surface area (Å²) in [5.41, 5.74) is 2.64. The Morgan fingerprint density at radius 2 is 1.92 bits per heavy atom. The third-order valence-corrected chi connectivity index (χ3v) is 4.70. The Bertz CT molecular complexity index is 780. The predicted molar refractivity (Wildman–Crippen MR) is 91.1 cm³/mol. The van der Waals surface area contributed by atoms with Crippen molar-refractivity contribution in [2.45, 2.75) is 25.2 Å². The molecular formula is C18H20N2O5. The Morgan fingerprint density at radius 3 is 2.48 bits per heavy atom. The molecule has 1 spiro atoms. The monoisotopic (exact) mass is 344 g/mol. The number of carbonyl (C=O) groups is 3. The van der Waals surface area contributed by atoms with Crippen molar-refractivity contribution in [1.29, 1.82) is 0 Å². The molecule has 1 aromatic carbocycles. The van der Waals surface area contributed by atoms with Gasteiger partial charge in [0.05, 0.1) is 20.3 Å². The van der Waals surface area contributed by atoms with Crippen LogP contribution in [0.25, 0.3) is 0 Å². The van der Waals surface area contributed by atoms with Gasteiger partial charge in [-0.2, -0.15) is 0 Å². The molecule has 0 saturated heterocycles. The molecule has 0 aromatic heterocycles. The maximum atomic E-state index is 12.0. The van der Waals surface area contributed by atoms with Gasteiger partial charge in [0.2, 0.25) is 5.91 Å². The van der Waals surface area contributed by atoms with E-state index >= 15 is 0 Å². The zero-order valence-corrected chi connectivity index (χ0v) is 14.4. The molecule has 0 unspecified atom stereocenters. The number of nitrogens with one attached hydrogen (secondary N) is 1. The minimum atomic E-state index is -0.687. The Labute approximate surface area is 145 Å². The average Bonchev–Trinajstić information content (AvgIpc) is 3.30. The van der Waals surface area contributed by atoms with Gasteiger partial charge in [0, 0.05) is 30.3 Å². The average molecular weight is 344 g/mol. The maximum Gasteiger partial charge on any atom is 0.354 e. The molecule has 1 aliphatic carbocycles. The minimum Gasteiger partial charge on any atom is -0.466 e. The number of amides is 1. The van der Waals surface area contributed by atoms with E-state index in [2.05, 4.69) is 14.8 Å². The molecule has 7 nitrogen and oxygen atoms in total. The van der Waals surface area contributed by atoms with E-state index in [0.717, 1.165) is 30.2 Å². The summed E-state index contributed by atoms with van der Waals surface area (Å²) in [5.74, 6) is -1.37. The molecule has 3 rings (SSSR count). The van der Waals surface area contributed by atoms with Crippen LogP contribution in [0, 0.1) is 0 Å². The van der Waals surface area contributed by atoms with E-state index in [1.165, 1.54) is 14.2 Å². The predicted octanol–water partition coefficient (Wildman–Crippen LogP) is 1.73. The molecule has 1 saturated carbocycles. The van der Waals surface area contributed by atoms with Crippen LogP contribution in [-0.2, 0) is 29.3 Å². The van der Waals surface area contributed by atoms with Gasteiger partial charge in [-0.1, -0.05) is 6.07 Å². The molecule has 132 valence electrons. The van der Waals surface area contributed by atoms with Gasteiger partial charge in [-0.3, -0.25) is 4.79 Å². The number of rotatable bonds is 4. The summed E-state index contributed by atoms with van der Waals surface area (Å²) in [5, 5.41) is 2.88. The summed E-state index contributed by atoms with van der Waals surface area (Å²) in [6.07, 6.45) is 3.18. The quantitative estimate of drug-likeness (QED) is 0.661. The number of anilines is 2. The van der Waals surface area contributed by atoms with E-state index in [1.54, 1.807) is 11.8 Å². The molecule has 1 fully saturated rings. The van der Waals surface area contributed by atoms with Gasteiger partial charge in [-0.15, -0.1) is 0 Å². The fourth-order valence-electron chi connectivity index (χ4n) is 3.20. The fourth-order valence-corrected chi connectivity index (χ4v) is 3.20. The molecule has 7 heteroatoms. The van der Waals surface area contributed by atoms with Crippen molar-refractivity contribution in [3.63, 3.8) is 0 Å². The molecule has 1 N–H and O–H groups in total. The molecular weight excluding hydrogens is 324 g/mol. The van der Waals surface area contributed by atoms with Crippen LogP contribution < -0.4 is 10.2 Å². The first-order chi connectivity index (χ1) is 11.9. The fraction of sp³-hybridized carbons (Fsp3) is 0.389. The van der Waals surface area contributed by atoms with E-state index in [0.29, 0.717) is 12.2 Å². The van der Waals surface area contributed by atoms with Crippen molar-refractivity contribution in [2.24, 2.45) is 0 Å². The Morgan fingerprint density at radius 1 is 1.20 bits per heavy atom. The van der Waals surface area contributed by atoms with E-state index in [-0.39, 0.29) is 17.0 Å². The highest BCUT2D eigenvalue weighted by atomic mass is 16.5. The highest BCUT2D eigenvalue weighted by Gasteiger charge is 2.52. The smallest absolute Gasteiger partial charge is 0.354 e. The first-order valence-electron chi connectivity index (χ1n) is 7.98. The van der Waals surface area contributed by atoms with Crippen LogP contribution in [0.4, 0.5) is 11.4 Å². The van der Waals surface area contributed by atoms with E-state index in [4.69, 9.17) is 0 Å². The van der Waals surface area contributed by atoms with Gasteiger partial charge < -0.3 is 19.7 Å². The lowest BCUT2D eigenvalue weighted by molar-refractivity contribution is -0.138. The molecule has 1 aliphatic heterocycles. The number of fused-ring (bicyclic) bond motifs is 2. The summed E-state index contributed by atoms with van der Waals surface area (Å²) in [6, 6.07) is 5.62. The second kappa shape index (κ2) is 6.23. The summed E-state index contributed by atoms with van der Waals surface area (Å²) < 4.78 is 9.24. The van der Waals surface area contributed by atoms with E-state index < -0.39 is 11.9 Å². The van der Waals surface area contributed by atoms with Crippen LogP contribution in [0.15, 0.2) is 30.0 Å². The van der Waals surface area contributed by atoms with E-state index in [9.17, 15) is 14.4 Å². The Balaban J connectivity index is 1.92. The first kappa shape index (κ1) is 17.0. The van der Waals surface area contributed by atoms with Crippen LogP contribution in [0.5, 0.6) is 0 Å². The number of ether oxygens (including phenoxy) is 2. The van der Waals surface area contributed by atoms with Gasteiger partial charge in [0.15, 0.2) is 0 Å². The zero-order chi connectivity index (χ0) is 18.2. The Kier molecular flexibility index (Phi) is 4.24. The summed E-state index contributed by atoms with van der Waals surface area (Å²) in [7, 11) is 2.45. The van der Waals surface area contributed by atoms with Crippen molar-refractivity contribution >= 4 is 29.2 Å². The van der Waals surface area contributed by atoms with Crippen LogP contribution in [0.2, 0.25) is 0 Å². The number of hydrogen-bond acceptors (Lipinski definition) is 6. The van der Waals surface area contributed by atoms with Gasteiger partial charge in [-0.25, -0.2) is 9.59 Å². The Hall–Kier alpha value is -2.83. The zero-order valence-electron chi connectivity index (χ0n) is 14.4. The maximum absolute atomic E-state index is 12.0. The molecule has 25 heavy (non-hydrogen) atoms.